The predicted octanol–water partition coefficient (Wildman–Crippen LogP) is -0.320. The lowest BCUT2D eigenvalue weighted by Gasteiger charge is -2.05. The van der Waals surface area contributed by atoms with E-state index in [1.807, 2.05) is 0 Å². The summed E-state index contributed by atoms with van der Waals surface area (Å²) in [5.41, 5.74) is 4.99. The molecule has 0 bridgehead atoms. The first-order valence-electron chi connectivity index (χ1n) is 5.04. The van der Waals surface area contributed by atoms with E-state index in [-0.39, 0.29) is 27.6 Å². The lowest BCUT2D eigenvalue weighted by atomic mass is 10.1. The van der Waals surface area contributed by atoms with Gasteiger partial charge in [0, 0.05) is 11.8 Å². The van der Waals surface area contributed by atoms with Crippen molar-refractivity contribution in [3.05, 3.63) is 23.9 Å². The Morgan fingerprint density at radius 3 is 2.63 bits per heavy atom. The second-order valence-corrected chi connectivity index (χ2v) is 5.85. The lowest BCUT2D eigenvalue weighted by Crippen LogP contribution is -2.12. The van der Waals surface area contributed by atoms with Crippen LogP contribution >= 0.6 is 0 Å². The Hall–Kier alpha value is -2.42. The van der Waals surface area contributed by atoms with E-state index in [1.165, 1.54) is 18.2 Å². The zero-order valence-corrected chi connectivity index (χ0v) is 10.6. The van der Waals surface area contributed by atoms with E-state index >= 15 is 0 Å². The molecule has 1 aromatic carbocycles. The van der Waals surface area contributed by atoms with Crippen LogP contribution in [-0.4, -0.2) is 41.1 Å². The topological polar surface area (TPSA) is 139 Å². The number of phenolic OH excluding ortho intramolecular Hbond substituents is 1. The van der Waals surface area contributed by atoms with Gasteiger partial charge in [-0.25, -0.2) is 8.42 Å². The van der Waals surface area contributed by atoms with E-state index in [4.69, 9.17) is 5.73 Å². The summed E-state index contributed by atoms with van der Waals surface area (Å²) in [6.45, 7) is 0. The second kappa shape index (κ2) is 4.35. The van der Waals surface area contributed by atoms with Gasteiger partial charge in [-0.3, -0.25) is 4.79 Å². The summed E-state index contributed by atoms with van der Waals surface area (Å²) in [5, 5.41) is 19.2. The summed E-state index contributed by atoms with van der Waals surface area (Å²) in [5.74, 6) is -1.07. The van der Waals surface area contributed by atoms with Crippen LogP contribution in [0.5, 0.6) is 5.75 Å². The Balaban J connectivity index is 2.68. The van der Waals surface area contributed by atoms with Crippen molar-refractivity contribution in [2.24, 2.45) is 5.73 Å². The number of carbonyl (C=O) groups excluding carboxylic acids is 1. The van der Waals surface area contributed by atoms with Crippen LogP contribution < -0.4 is 5.73 Å². The number of aromatic hydroxyl groups is 1. The Labute approximate surface area is 108 Å². The number of carbonyl (C=O) groups is 1. The molecule has 1 aromatic heterocycles. The number of phenols is 1. The number of nitrogens with one attached hydrogen (secondary N) is 1. The van der Waals surface area contributed by atoms with Crippen LogP contribution in [0.2, 0.25) is 0 Å². The summed E-state index contributed by atoms with van der Waals surface area (Å²) in [4.78, 5) is 11.1. The number of aromatic nitrogens is 3. The normalized spacial score (nSPS) is 11.4. The molecule has 1 amide bonds. The molecular weight excluding hydrogens is 272 g/mol. The van der Waals surface area contributed by atoms with Crippen molar-refractivity contribution in [2.75, 3.05) is 6.26 Å². The summed E-state index contributed by atoms with van der Waals surface area (Å²) >= 11 is 0. The first-order chi connectivity index (χ1) is 8.80. The Bertz CT molecular complexity index is 751. The van der Waals surface area contributed by atoms with E-state index in [0.717, 1.165) is 6.26 Å². The maximum atomic E-state index is 11.5. The number of sulfone groups is 1. The number of amides is 1. The van der Waals surface area contributed by atoms with Gasteiger partial charge < -0.3 is 10.8 Å². The molecule has 0 saturated heterocycles. The molecule has 19 heavy (non-hydrogen) atoms. The highest BCUT2D eigenvalue weighted by Crippen LogP contribution is 2.31. The highest BCUT2D eigenvalue weighted by atomic mass is 32.2. The molecule has 4 N–H and O–H groups in total. The zero-order valence-electron chi connectivity index (χ0n) is 9.78. The Morgan fingerprint density at radius 2 is 2.05 bits per heavy atom. The van der Waals surface area contributed by atoms with E-state index in [2.05, 4.69) is 15.4 Å². The molecule has 2 aromatic rings. The van der Waals surface area contributed by atoms with Gasteiger partial charge in [-0.2, -0.15) is 15.4 Å². The number of primary amides is 1. The van der Waals surface area contributed by atoms with Crippen molar-refractivity contribution in [1.82, 2.24) is 15.4 Å². The molecule has 8 nitrogen and oxygen atoms in total. The number of hydrogen-bond acceptors (Lipinski definition) is 6. The number of benzene rings is 1. The van der Waals surface area contributed by atoms with Gasteiger partial charge in [-0.05, 0) is 18.2 Å². The molecule has 9 heteroatoms. The molecule has 0 unspecified atom stereocenters. The van der Waals surface area contributed by atoms with E-state index in [9.17, 15) is 18.3 Å². The molecule has 0 fully saturated rings. The number of hydrogen-bond donors (Lipinski definition) is 3. The molecule has 1 heterocycles. The third kappa shape index (κ3) is 2.40. The summed E-state index contributed by atoms with van der Waals surface area (Å²) in [6.07, 6.45) is 1.03. The third-order valence-electron chi connectivity index (χ3n) is 2.43. The molecule has 0 spiro atoms. The van der Waals surface area contributed by atoms with Gasteiger partial charge in [0.2, 0.25) is 0 Å². The number of H-pyrrole nitrogens is 1. The zero-order chi connectivity index (χ0) is 14.2. The fraction of sp³-hybridized carbons (Fsp3) is 0.100. The molecule has 100 valence electrons. The maximum Gasteiger partial charge on any atom is 0.271 e. The van der Waals surface area contributed by atoms with Gasteiger partial charge in [-0.15, -0.1) is 0 Å². The van der Waals surface area contributed by atoms with E-state index in [1.54, 1.807) is 0 Å². The Kier molecular flexibility index (Phi) is 2.98. The van der Waals surface area contributed by atoms with Crippen molar-refractivity contribution in [1.29, 1.82) is 0 Å². The average Bonchev–Trinajstić information content (AvgIpc) is 2.76. The van der Waals surface area contributed by atoms with E-state index < -0.39 is 15.7 Å². The lowest BCUT2D eigenvalue weighted by molar-refractivity contribution is 0.0996. The van der Waals surface area contributed by atoms with Gasteiger partial charge >= 0.3 is 0 Å². The van der Waals surface area contributed by atoms with Gasteiger partial charge in [0.1, 0.15) is 11.4 Å². The quantitative estimate of drug-likeness (QED) is 0.705. The van der Waals surface area contributed by atoms with Crippen molar-refractivity contribution < 1.29 is 18.3 Å². The summed E-state index contributed by atoms with van der Waals surface area (Å²) in [6, 6.07) is 3.65. The molecular formula is C10H10N4O4S. The summed E-state index contributed by atoms with van der Waals surface area (Å²) in [7, 11) is -3.45. The number of rotatable bonds is 3. The minimum Gasteiger partial charge on any atom is -0.507 e. The van der Waals surface area contributed by atoms with Crippen LogP contribution in [0.15, 0.2) is 23.1 Å². The Morgan fingerprint density at radius 1 is 1.37 bits per heavy atom. The summed E-state index contributed by atoms with van der Waals surface area (Å²) < 4.78 is 22.9. The number of nitrogens with two attached hydrogens (primary N) is 1. The molecule has 0 aliphatic rings. The van der Waals surface area contributed by atoms with Crippen molar-refractivity contribution in [3.63, 3.8) is 0 Å². The smallest absolute Gasteiger partial charge is 0.271 e. The highest BCUT2D eigenvalue weighted by molar-refractivity contribution is 7.90. The van der Waals surface area contributed by atoms with Crippen LogP contribution in [0.3, 0.4) is 0 Å². The molecule has 0 saturated carbocycles. The SMILES string of the molecule is CS(=O)(=O)c1ccc(O)c(-c2n[nH]nc2C(N)=O)c1. The largest absolute Gasteiger partial charge is 0.507 e. The van der Waals surface area contributed by atoms with Gasteiger partial charge in [0.05, 0.1) is 4.90 Å². The minimum absolute atomic E-state index is 0.00417. The molecule has 0 aliphatic carbocycles. The first kappa shape index (κ1) is 13.0. The number of nitrogens with zero attached hydrogens (tertiary/aromatic N) is 2. The van der Waals surface area contributed by atoms with Crippen LogP contribution in [0, 0.1) is 0 Å². The fourth-order valence-corrected chi connectivity index (χ4v) is 2.17. The van der Waals surface area contributed by atoms with Crippen molar-refractivity contribution >= 4 is 15.7 Å². The van der Waals surface area contributed by atoms with Gasteiger partial charge in [0.25, 0.3) is 5.91 Å². The average molecular weight is 282 g/mol. The monoisotopic (exact) mass is 282 g/mol. The van der Waals surface area contributed by atoms with Gasteiger partial charge in [0.15, 0.2) is 15.5 Å². The van der Waals surface area contributed by atoms with Crippen LogP contribution in [0.4, 0.5) is 0 Å². The van der Waals surface area contributed by atoms with Crippen molar-refractivity contribution in [3.8, 4) is 17.0 Å². The van der Waals surface area contributed by atoms with Crippen LogP contribution in [0.25, 0.3) is 11.3 Å². The second-order valence-electron chi connectivity index (χ2n) is 3.84. The maximum absolute atomic E-state index is 11.5. The van der Waals surface area contributed by atoms with Crippen molar-refractivity contribution in [2.45, 2.75) is 4.90 Å². The minimum atomic E-state index is -3.45. The molecule has 0 atom stereocenters. The first-order valence-corrected chi connectivity index (χ1v) is 6.94. The highest BCUT2D eigenvalue weighted by Gasteiger charge is 2.20. The molecule has 2 rings (SSSR count). The molecule has 0 radical (unpaired) electrons. The standard InChI is InChI=1S/C10H10N4O4S/c1-19(17,18)5-2-3-7(15)6(4-5)8-9(10(11)16)13-14-12-8/h2-4,15H,1H3,(H2,11,16)(H,12,13,14). The third-order valence-corrected chi connectivity index (χ3v) is 3.54. The fourth-order valence-electron chi connectivity index (χ4n) is 1.53. The van der Waals surface area contributed by atoms with Crippen LogP contribution in [-0.2, 0) is 9.84 Å². The van der Waals surface area contributed by atoms with Crippen LogP contribution in [0.1, 0.15) is 10.5 Å². The van der Waals surface area contributed by atoms with Gasteiger partial charge in [-0.1, -0.05) is 0 Å². The molecule has 0 aliphatic heterocycles. The van der Waals surface area contributed by atoms with E-state index in [0.29, 0.717) is 0 Å². The predicted molar refractivity (Wildman–Crippen MR) is 65.1 cm³/mol. The number of aromatic amines is 1.